The second-order valence-corrected chi connectivity index (χ2v) is 8.28. The number of aromatic carboxylic acids is 1. The van der Waals surface area contributed by atoms with Gasteiger partial charge < -0.3 is 5.11 Å². The molecule has 0 aliphatic carbocycles. The number of carboxylic acid groups (broad SMARTS) is 1. The maximum atomic E-state index is 12.5. The van der Waals surface area contributed by atoms with E-state index in [2.05, 4.69) is 6.92 Å². The van der Waals surface area contributed by atoms with Gasteiger partial charge in [0.15, 0.2) is 0 Å². The third kappa shape index (κ3) is 3.21. The van der Waals surface area contributed by atoms with E-state index in [0.717, 1.165) is 37.0 Å². The number of hydrogen-bond donors (Lipinski definition) is 1. The van der Waals surface area contributed by atoms with Crippen molar-refractivity contribution >= 4 is 27.3 Å². The average Bonchev–Trinajstić information content (AvgIpc) is 2.78. The summed E-state index contributed by atoms with van der Waals surface area (Å²) in [6, 6.07) is 2.75. The highest BCUT2D eigenvalue weighted by molar-refractivity contribution is 7.91. The summed E-state index contributed by atoms with van der Waals surface area (Å²) in [7, 11) is -3.54. The molecule has 20 heavy (non-hydrogen) atoms. The molecule has 0 spiro atoms. The molecule has 1 unspecified atom stereocenters. The molecule has 1 saturated heterocycles. The van der Waals surface area contributed by atoms with E-state index in [1.54, 1.807) is 0 Å². The Morgan fingerprint density at radius 2 is 2.15 bits per heavy atom. The maximum absolute atomic E-state index is 12.5. The van der Waals surface area contributed by atoms with Gasteiger partial charge in [0.2, 0.25) is 0 Å². The zero-order valence-electron chi connectivity index (χ0n) is 11.4. The van der Waals surface area contributed by atoms with E-state index in [-0.39, 0.29) is 9.09 Å². The van der Waals surface area contributed by atoms with Crippen LogP contribution in [0.25, 0.3) is 0 Å². The Bertz CT molecular complexity index is 579. The van der Waals surface area contributed by atoms with E-state index in [0.29, 0.717) is 19.0 Å². The minimum atomic E-state index is -3.54. The van der Waals surface area contributed by atoms with Crippen LogP contribution in [0.15, 0.2) is 16.3 Å². The molecule has 1 aliphatic heterocycles. The lowest BCUT2D eigenvalue weighted by Gasteiger charge is -2.19. The van der Waals surface area contributed by atoms with E-state index in [1.807, 2.05) is 0 Å². The molecule has 0 amide bonds. The van der Waals surface area contributed by atoms with Crippen molar-refractivity contribution in [3.05, 3.63) is 17.0 Å². The van der Waals surface area contributed by atoms with Crippen molar-refractivity contribution in [1.82, 2.24) is 4.31 Å². The largest absolute Gasteiger partial charge is 0.477 e. The summed E-state index contributed by atoms with van der Waals surface area (Å²) < 4.78 is 26.7. The summed E-state index contributed by atoms with van der Waals surface area (Å²) in [6.07, 6.45) is 3.89. The SMILES string of the molecule is CCC1CCCN(S(=O)(=O)c2ccc(C(=O)O)s2)CC1. The number of carbonyl (C=O) groups is 1. The normalized spacial score (nSPS) is 21.6. The van der Waals surface area contributed by atoms with E-state index in [4.69, 9.17) is 5.11 Å². The van der Waals surface area contributed by atoms with Crippen molar-refractivity contribution in [3.8, 4) is 0 Å². The molecule has 1 aromatic rings. The Kier molecular flexibility index (Phi) is 4.82. The molecule has 0 bridgehead atoms. The fourth-order valence-corrected chi connectivity index (χ4v) is 5.28. The molecule has 1 atom stereocenters. The van der Waals surface area contributed by atoms with Crippen LogP contribution in [0.3, 0.4) is 0 Å². The van der Waals surface area contributed by atoms with E-state index in [9.17, 15) is 13.2 Å². The van der Waals surface area contributed by atoms with Gasteiger partial charge in [0.05, 0.1) is 0 Å². The molecule has 7 heteroatoms. The predicted molar refractivity (Wildman–Crippen MR) is 77.7 cm³/mol. The Morgan fingerprint density at radius 3 is 2.75 bits per heavy atom. The van der Waals surface area contributed by atoms with Crippen molar-refractivity contribution in [3.63, 3.8) is 0 Å². The molecule has 1 N–H and O–H groups in total. The Labute approximate surface area is 123 Å². The van der Waals surface area contributed by atoms with Crippen molar-refractivity contribution in [1.29, 1.82) is 0 Å². The van der Waals surface area contributed by atoms with Crippen LogP contribution in [0.2, 0.25) is 0 Å². The smallest absolute Gasteiger partial charge is 0.345 e. The van der Waals surface area contributed by atoms with Gasteiger partial charge in [-0.15, -0.1) is 11.3 Å². The summed E-state index contributed by atoms with van der Waals surface area (Å²) in [4.78, 5) is 10.9. The number of hydrogen-bond acceptors (Lipinski definition) is 4. The van der Waals surface area contributed by atoms with Crippen LogP contribution in [0.5, 0.6) is 0 Å². The van der Waals surface area contributed by atoms with Crippen molar-refractivity contribution in [2.24, 2.45) is 5.92 Å². The number of sulfonamides is 1. The summed E-state index contributed by atoms with van der Waals surface area (Å²) >= 11 is 0.826. The summed E-state index contributed by atoms with van der Waals surface area (Å²) in [5, 5.41) is 8.89. The van der Waals surface area contributed by atoms with Crippen LogP contribution < -0.4 is 0 Å². The Hall–Kier alpha value is -0.920. The zero-order valence-corrected chi connectivity index (χ0v) is 13.0. The van der Waals surface area contributed by atoms with Gasteiger partial charge in [0.25, 0.3) is 10.0 Å². The molecule has 1 fully saturated rings. The number of nitrogens with zero attached hydrogens (tertiary/aromatic N) is 1. The molecule has 2 rings (SSSR count). The van der Waals surface area contributed by atoms with Gasteiger partial charge in [-0.25, -0.2) is 13.2 Å². The lowest BCUT2D eigenvalue weighted by molar-refractivity contribution is 0.0702. The number of carboxylic acids is 1. The second kappa shape index (κ2) is 6.24. The van der Waals surface area contributed by atoms with Crippen LogP contribution >= 0.6 is 11.3 Å². The molecule has 0 aromatic carbocycles. The minimum Gasteiger partial charge on any atom is -0.477 e. The average molecular weight is 317 g/mol. The van der Waals surface area contributed by atoms with E-state index in [1.165, 1.54) is 16.4 Å². The topological polar surface area (TPSA) is 74.7 Å². The van der Waals surface area contributed by atoms with Gasteiger partial charge in [-0.1, -0.05) is 13.3 Å². The first-order chi connectivity index (χ1) is 9.45. The first kappa shape index (κ1) is 15.5. The molecule has 1 aliphatic rings. The molecular weight excluding hydrogens is 298 g/mol. The van der Waals surface area contributed by atoms with Crippen molar-refractivity contribution < 1.29 is 18.3 Å². The van der Waals surface area contributed by atoms with Crippen LogP contribution in [-0.4, -0.2) is 36.9 Å². The van der Waals surface area contributed by atoms with Gasteiger partial charge in [-0.2, -0.15) is 4.31 Å². The molecule has 5 nitrogen and oxygen atoms in total. The fourth-order valence-electron chi connectivity index (χ4n) is 2.49. The highest BCUT2D eigenvalue weighted by Gasteiger charge is 2.29. The van der Waals surface area contributed by atoms with Crippen LogP contribution in [0.4, 0.5) is 0 Å². The monoisotopic (exact) mass is 317 g/mol. The standard InChI is InChI=1S/C13H19NO4S2/c1-2-10-4-3-8-14(9-7-10)20(17,18)12-6-5-11(19-12)13(15)16/h5-6,10H,2-4,7-9H2,1H3,(H,15,16). The zero-order chi connectivity index (χ0) is 14.8. The number of rotatable bonds is 4. The second-order valence-electron chi connectivity index (χ2n) is 5.03. The van der Waals surface area contributed by atoms with Crippen molar-refractivity contribution in [2.75, 3.05) is 13.1 Å². The molecular formula is C13H19NO4S2. The molecule has 0 radical (unpaired) electrons. The lowest BCUT2D eigenvalue weighted by atomic mass is 9.98. The molecule has 112 valence electrons. The van der Waals surface area contributed by atoms with Gasteiger partial charge in [0, 0.05) is 13.1 Å². The first-order valence-corrected chi connectivity index (χ1v) is 9.04. The highest BCUT2D eigenvalue weighted by atomic mass is 32.2. The fraction of sp³-hybridized carbons (Fsp3) is 0.615. The molecule has 2 heterocycles. The van der Waals surface area contributed by atoms with Crippen LogP contribution in [0, 0.1) is 5.92 Å². The molecule has 0 saturated carbocycles. The minimum absolute atomic E-state index is 0.0600. The van der Waals surface area contributed by atoms with Gasteiger partial charge in [-0.3, -0.25) is 0 Å². The van der Waals surface area contributed by atoms with Gasteiger partial charge in [-0.05, 0) is 37.3 Å². The third-order valence-electron chi connectivity index (χ3n) is 3.77. The van der Waals surface area contributed by atoms with Crippen molar-refractivity contribution in [2.45, 2.75) is 36.8 Å². The van der Waals surface area contributed by atoms with Gasteiger partial charge >= 0.3 is 5.97 Å². The van der Waals surface area contributed by atoms with E-state index >= 15 is 0 Å². The molecule has 1 aromatic heterocycles. The lowest BCUT2D eigenvalue weighted by Crippen LogP contribution is -2.31. The van der Waals surface area contributed by atoms with Crippen LogP contribution in [-0.2, 0) is 10.0 Å². The van der Waals surface area contributed by atoms with Gasteiger partial charge in [0.1, 0.15) is 9.09 Å². The highest BCUT2D eigenvalue weighted by Crippen LogP contribution is 2.28. The summed E-state index contributed by atoms with van der Waals surface area (Å²) in [5.74, 6) is -0.494. The Morgan fingerprint density at radius 1 is 1.40 bits per heavy atom. The number of thiophene rings is 1. The Balaban J connectivity index is 2.18. The van der Waals surface area contributed by atoms with Crippen LogP contribution in [0.1, 0.15) is 42.3 Å². The van der Waals surface area contributed by atoms with E-state index < -0.39 is 16.0 Å². The summed E-state index contributed by atoms with van der Waals surface area (Å²) in [5.41, 5.74) is 0. The summed E-state index contributed by atoms with van der Waals surface area (Å²) in [6.45, 7) is 3.19. The first-order valence-electron chi connectivity index (χ1n) is 6.78. The quantitative estimate of drug-likeness (QED) is 0.926. The maximum Gasteiger partial charge on any atom is 0.345 e. The third-order valence-corrected chi connectivity index (χ3v) is 7.21. The predicted octanol–water partition coefficient (Wildman–Crippen LogP) is 2.65.